The lowest BCUT2D eigenvalue weighted by Gasteiger charge is -2.18. The zero-order valence-corrected chi connectivity index (χ0v) is 19.7. The summed E-state index contributed by atoms with van der Waals surface area (Å²) in [5.74, 6) is 10.3. The van der Waals surface area contributed by atoms with E-state index in [9.17, 15) is 0 Å². The first-order valence-electron chi connectivity index (χ1n) is 10.2. The van der Waals surface area contributed by atoms with Crippen molar-refractivity contribution >= 4 is 8.07 Å². The summed E-state index contributed by atoms with van der Waals surface area (Å²) in [6.07, 6.45) is 3.55. The van der Waals surface area contributed by atoms with Gasteiger partial charge in [0.1, 0.15) is 8.07 Å². The summed E-state index contributed by atoms with van der Waals surface area (Å²) in [5, 5.41) is 0. The van der Waals surface area contributed by atoms with Crippen LogP contribution >= 0.6 is 0 Å². The number of hydrogen-bond acceptors (Lipinski definition) is 2. The molecule has 0 spiro atoms. The Balaban J connectivity index is 1.71. The van der Waals surface area contributed by atoms with Crippen LogP contribution in [-0.4, -0.2) is 18.0 Å². The number of rotatable bonds is 1. The van der Waals surface area contributed by atoms with Gasteiger partial charge in [0.25, 0.3) is 0 Å². The van der Waals surface area contributed by atoms with Gasteiger partial charge in [0.15, 0.2) is 5.82 Å². The molecule has 0 bridgehead atoms. The molecule has 0 aliphatic carbocycles. The maximum Gasteiger partial charge on any atom is 0.159 e. The molecule has 1 heterocycles. The van der Waals surface area contributed by atoms with Crippen molar-refractivity contribution in [2.24, 2.45) is 0 Å². The van der Waals surface area contributed by atoms with E-state index < -0.39 is 8.07 Å². The highest BCUT2D eigenvalue weighted by molar-refractivity contribution is 6.83. The van der Waals surface area contributed by atoms with Crippen molar-refractivity contribution in [2.75, 3.05) is 0 Å². The summed E-state index contributed by atoms with van der Waals surface area (Å²) < 4.78 is 0. The fourth-order valence-electron chi connectivity index (χ4n) is 2.70. The minimum Gasteiger partial charge on any atom is -0.235 e. The molecule has 3 heteroatoms. The molecule has 0 radical (unpaired) electrons. The summed E-state index contributed by atoms with van der Waals surface area (Å²) in [6.45, 7) is 13.4. The van der Waals surface area contributed by atoms with Gasteiger partial charge in [-0.15, -0.1) is 5.54 Å². The molecular weight excluding hydrogens is 380 g/mol. The Bertz CT molecular complexity index is 1120. The molecule has 0 aliphatic rings. The SMILES string of the molecule is CC(C)(C)c1ccc(C#Cc2cnc(-c3ccc(C#C[Si](C)(C)C)cc3)nc2)cc1. The third-order valence-corrected chi connectivity index (χ3v) is 5.35. The second kappa shape index (κ2) is 8.70. The van der Waals surface area contributed by atoms with Gasteiger partial charge in [-0.3, -0.25) is 0 Å². The maximum atomic E-state index is 4.48. The van der Waals surface area contributed by atoms with E-state index >= 15 is 0 Å². The molecule has 0 amide bonds. The van der Waals surface area contributed by atoms with Crippen LogP contribution in [-0.2, 0) is 5.41 Å². The predicted molar refractivity (Wildman–Crippen MR) is 129 cm³/mol. The van der Waals surface area contributed by atoms with Gasteiger partial charge in [0.05, 0.1) is 5.56 Å². The number of aromatic nitrogens is 2. The van der Waals surface area contributed by atoms with Crippen molar-refractivity contribution in [3.63, 3.8) is 0 Å². The van der Waals surface area contributed by atoms with Gasteiger partial charge in [0.2, 0.25) is 0 Å². The standard InChI is InChI=1S/C27H28N2Si/c1-27(2,3)25-15-11-21(12-16-25)7-8-23-19-28-26(29-20-23)24-13-9-22(10-14-24)17-18-30(4,5)6/h9-16,19-20H,1-6H3. The van der Waals surface area contributed by atoms with Crippen LogP contribution in [0.2, 0.25) is 19.6 Å². The summed E-state index contributed by atoms with van der Waals surface area (Å²) in [7, 11) is -1.37. The zero-order valence-electron chi connectivity index (χ0n) is 18.7. The highest BCUT2D eigenvalue weighted by atomic mass is 28.3. The highest BCUT2D eigenvalue weighted by Crippen LogP contribution is 2.22. The van der Waals surface area contributed by atoms with Gasteiger partial charge in [0, 0.05) is 29.1 Å². The summed E-state index contributed by atoms with van der Waals surface area (Å²) >= 11 is 0. The van der Waals surface area contributed by atoms with E-state index in [2.05, 4.69) is 98.0 Å². The van der Waals surface area contributed by atoms with Gasteiger partial charge in [-0.05, 0) is 47.4 Å². The first-order valence-corrected chi connectivity index (χ1v) is 13.7. The fourth-order valence-corrected chi connectivity index (χ4v) is 3.22. The van der Waals surface area contributed by atoms with Gasteiger partial charge >= 0.3 is 0 Å². The lowest BCUT2D eigenvalue weighted by molar-refractivity contribution is 0.590. The molecule has 0 aliphatic heterocycles. The molecular formula is C27H28N2Si. The molecule has 3 aromatic rings. The van der Waals surface area contributed by atoms with E-state index in [0.29, 0.717) is 5.82 Å². The maximum absolute atomic E-state index is 4.48. The summed E-state index contributed by atoms with van der Waals surface area (Å²) in [4.78, 5) is 8.96. The lowest BCUT2D eigenvalue weighted by Crippen LogP contribution is -2.16. The van der Waals surface area contributed by atoms with E-state index in [1.807, 2.05) is 24.3 Å². The van der Waals surface area contributed by atoms with Crippen molar-refractivity contribution in [1.29, 1.82) is 0 Å². The summed E-state index contributed by atoms with van der Waals surface area (Å²) in [5.41, 5.74) is 8.63. The molecule has 2 aromatic carbocycles. The molecule has 0 fully saturated rings. The lowest BCUT2D eigenvalue weighted by atomic mass is 9.87. The molecule has 30 heavy (non-hydrogen) atoms. The van der Waals surface area contributed by atoms with E-state index in [1.165, 1.54) is 5.56 Å². The predicted octanol–water partition coefficient (Wildman–Crippen LogP) is 6.07. The topological polar surface area (TPSA) is 25.8 Å². The Hall–Kier alpha value is -3.14. The minimum absolute atomic E-state index is 0.148. The fraction of sp³-hybridized carbons (Fsp3) is 0.259. The molecule has 0 N–H and O–H groups in total. The molecule has 0 unspecified atom stereocenters. The second-order valence-corrected chi connectivity index (χ2v) is 14.2. The van der Waals surface area contributed by atoms with Crippen LogP contribution in [0.3, 0.4) is 0 Å². The molecule has 2 nitrogen and oxygen atoms in total. The molecule has 0 saturated carbocycles. The zero-order chi connectivity index (χ0) is 21.8. The van der Waals surface area contributed by atoms with Crippen molar-refractivity contribution in [3.8, 4) is 34.7 Å². The van der Waals surface area contributed by atoms with Crippen LogP contribution in [0.1, 0.15) is 43.0 Å². The van der Waals surface area contributed by atoms with Crippen molar-refractivity contribution in [2.45, 2.75) is 45.8 Å². The Morgan fingerprint density at radius 1 is 0.667 bits per heavy atom. The minimum atomic E-state index is -1.37. The molecule has 0 saturated heterocycles. The Labute approximate surface area is 181 Å². The van der Waals surface area contributed by atoms with Gasteiger partial charge in [-0.2, -0.15) is 0 Å². The second-order valence-electron chi connectivity index (χ2n) is 9.45. The Morgan fingerprint density at radius 3 is 1.70 bits per heavy atom. The Kier molecular flexibility index (Phi) is 6.25. The van der Waals surface area contributed by atoms with Crippen molar-refractivity contribution in [1.82, 2.24) is 9.97 Å². The van der Waals surface area contributed by atoms with E-state index in [1.54, 1.807) is 12.4 Å². The van der Waals surface area contributed by atoms with Crippen LogP contribution in [0.15, 0.2) is 60.9 Å². The third kappa shape index (κ3) is 6.18. The van der Waals surface area contributed by atoms with Crippen molar-refractivity contribution < 1.29 is 0 Å². The van der Waals surface area contributed by atoms with Gasteiger partial charge in [-0.25, -0.2) is 9.97 Å². The summed E-state index contributed by atoms with van der Waals surface area (Å²) in [6, 6.07) is 16.5. The largest absolute Gasteiger partial charge is 0.235 e. The first kappa shape index (κ1) is 21.6. The Morgan fingerprint density at radius 2 is 1.17 bits per heavy atom. The number of benzene rings is 2. The number of nitrogens with zero attached hydrogens (tertiary/aromatic N) is 2. The van der Waals surface area contributed by atoms with Crippen LogP contribution < -0.4 is 0 Å². The van der Waals surface area contributed by atoms with E-state index in [4.69, 9.17) is 0 Å². The molecule has 0 atom stereocenters. The van der Waals surface area contributed by atoms with Crippen LogP contribution in [0.25, 0.3) is 11.4 Å². The smallest absolute Gasteiger partial charge is 0.159 e. The van der Waals surface area contributed by atoms with E-state index in [0.717, 1.165) is 22.3 Å². The average Bonchev–Trinajstić information content (AvgIpc) is 2.71. The average molecular weight is 409 g/mol. The highest BCUT2D eigenvalue weighted by Gasteiger charge is 2.12. The van der Waals surface area contributed by atoms with Crippen LogP contribution in [0.4, 0.5) is 0 Å². The van der Waals surface area contributed by atoms with E-state index in [-0.39, 0.29) is 5.41 Å². The molecule has 150 valence electrons. The quantitative estimate of drug-likeness (QED) is 0.361. The van der Waals surface area contributed by atoms with Crippen molar-refractivity contribution in [3.05, 3.63) is 83.2 Å². The first-order chi connectivity index (χ1) is 14.1. The number of hydrogen-bond donors (Lipinski definition) is 0. The third-order valence-electron chi connectivity index (χ3n) is 4.48. The van der Waals surface area contributed by atoms with Crippen LogP contribution in [0, 0.1) is 23.3 Å². The van der Waals surface area contributed by atoms with Gasteiger partial charge < -0.3 is 0 Å². The van der Waals surface area contributed by atoms with Crippen LogP contribution in [0.5, 0.6) is 0 Å². The molecule has 3 rings (SSSR count). The van der Waals surface area contributed by atoms with Gasteiger partial charge in [-0.1, -0.05) is 70.3 Å². The monoisotopic (exact) mass is 408 g/mol. The normalized spacial score (nSPS) is 11.1. The molecule has 1 aromatic heterocycles.